The molecule has 1 unspecified atom stereocenters. The maximum atomic E-state index is 8.71. The highest BCUT2D eigenvalue weighted by Crippen LogP contribution is 2.36. The first-order valence-corrected chi connectivity index (χ1v) is 8.05. The molecule has 2 N–H and O–H groups in total. The fraction of sp³-hybridized carbons (Fsp3) is 0.647. The first-order valence-electron chi connectivity index (χ1n) is 8.05. The number of hydrogen-bond acceptors (Lipinski definition) is 6. The van der Waals surface area contributed by atoms with Crippen molar-refractivity contribution in [3.05, 3.63) is 23.3 Å². The molecule has 0 saturated heterocycles. The molecule has 0 radical (unpaired) electrons. The molecule has 0 spiro atoms. The molecule has 0 saturated carbocycles. The summed E-state index contributed by atoms with van der Waals surface area (Å²) in [6.45, 7) is 3.25. The number of aliphatic hydroxyl groups excluding tert-OH is 1. The third kappa shape index (κ3) is 5.07. The van der Waals surface area contributed by atoms with Gasteiger partial charge in [0.1, 0.15) is 6.10 Å². The lowest BCUT2D eigenvalue weighted by molar-refractivity contribution is -0.0149. The second kappa shape index (κ2) is 9.72. The van der Waals surface area contributed by atoms with Crippen LogP contribution in [-0.4, -0.2) is 58.8 Å². The van der Waals surface area contributed by atoms with Crippen molar-refractivity contribution < 1.29 is 24.1 Å². The van der Waals surface area contributed by atoms with Gasteiger partial charge in [-0.05, 0) is 36.1 Å². The Hall–Kier alpha value is -1.34. The van der Waals surface area contributed by atoms with Gasteiger partial charge in [0.15, 0.2) is 11.5 Å². The second-order valence-corrected chi connectivity index (χ2v) is 5.42. The van der Waals surface area contributed by atoms with Crippen LogP contribution < -0.4 is 14.8 Å². The highest BCUT2D eigenvalue weighted by atomic mass is 16.5. The number of benzene rings is 1. The molecule has 2 rings (SSSR count). The van der Waals surface area contributed by atoms with E-state index in [1.807, 2.05) is 12.1 Å². The zero-order valence-electron chi connectivity index (χ0n) is 14.0. The first kappa shape index (κ1) is 18.0. The normalized spacial score (nSPS) is 17.4. The Balaban J connectivity index is 2.01. The van der Waals surface area contributed by atoms with Crippen LogP contribution in [0.4, 0.5) is 0 Å². The van der Waals surface area contributed by atoms with E-state index in [2.05, 4.69) is 5.32 Å². The average Bonchev–Trinajstić information content (AvgIpc) is 2.78. The van der Waals surface area contributed by atoms with Gasteiger partial charge >= 0.3 is 0 Å². The van der Waals surface area contributed by atoms with Crippen molar-refractivity contribution in [3.8, 4) is 11.5 Å². The molecule has 130 valence electrons. The summed E-state index contributed by atoms with van der Waals surface area (Å²) in [4.78, 5) is 0. The van der Waals surface area contributed by atoms with Gasteiger partial charge < -0.3 is 29.4 Å². The van der Waals surface area contributed by atoms with Crippen LogP contribution in [0.1, 0.15) is 23.7 Å². The Morgan fingerprint density at radius 1 is 1.22 bits per heavy atom. The Morgan fingerprint density at radius 3 is 2.74 bits per heavy atom. The minimum atomic E-state index is -0.0925. The van der Waals surface area contributed by atoms with Crippen LogP contribution in [-0.2, 0) is 15.9 Å². The number of aliphatic hydroxyl groups is 1. The molecule has 0 amide bonds. The highest BCUT2D eigenvalue weighted by Gasteiger charge is 2.22. The van der Waals surface area contributed by atoms with Gasteiger partial charge in [0.25, 0.3) is 0 Å². The van der Waals surface area contributed by atoms with Gasteiger partial charge in [0, 0.05) is 19.7 Å². The maximum absolute atomic E-state index is 8.71. The van der Waals surface area contributed by atoms with Gasteiger partial charge in [-0.15, -0.1) is 0 Å². The smallest absolute Gasteiger partial charge is 0.161 e. The standard InChI is InChI=1S/C17H27NO5/c1-20-15-10-13-4-3-8-23-17(14(13)11-16(15)21-2)12-22-9-6-18-5-7-19/h10-11,17-19H,3-9,12H2,1-2H3. The lowest BCUT2D eigenvalue weighted by atomic mass is 9.99. The third-order valence-corrected chi connectivity index (χ3v) is 3.88. The fourth-order valence-electron chi connectivity index (χ4n) is 2.71. The molecule has 0 fully saturated rings. The van der Waals surface area contributed by atoms with E-state index >= 15 is 0 Å². The molecule has 1 aliphatic rings. The number of hydrogen-bond donors (Lipinski definition) is 2. The Morgan fingerprint density at radius 2 is 2.00 bits per heavy atom. The first-order chi connectivity index (χ1) is 11.3. The van der Waals surface area contributed by atoms with E-state index in [0.29, 0.717) is 32.1 Å². The highest BCUT2D eigenvalue weighted by molar-refractivity contribution is 5.48. The topological polar surface area (TPSA) is 69.2 Å². The van der Waals surface area contributed by atoms with Crippen LogP contribution in [0.15, 0.2) is 12.1 Å². The average molecular weight is 325 g/mol. The molecular formula is C17H27NO5. The van der Waals surface area contributed by atoms with Crippen LogP contribution in [0.3, 0.4) is 0 Å². The van der Waals surface area contributed by atoms with Crippen LogP contribution in [0.2, 0.25) is 0 Å². The summed E-state index contributed by atoms with van der Waals surface area (Å²) in [6, 6.07) is 4.04. The van der Waals surface area contributed by atoms with Gasteiger partial charge in [-0.1, -0.05) is 0 Å². The molecule has 1 aromatic rings. The number of fused-ring (bicyclic) bond motifs is 1. The van der Waals surface area contributed by atoms with Crippen molar-refractivity contribution in [1.29, 1.82) is 0 Å². The predicted molar refractivity (Wildman–Crippen MR) is 87.3 cm³/mol. The summed E-state index contributed by atoms with van der Waals surface area (Å²) in [7, 11) is 3.29. The monoisotopic (exact) mass is 325 g/mol. The van der Waals surface area contributed by atoms with Crippen molar-refractivity contribution in [2.75, 3.05) is 53.7 Å². The Kier molecular flexibility index (Phi) is 7.61. The molecule has 1 aromatic carbocycles. The maximum Gasteiger partial charge on any atom is 0.161 e. The summed E-state index contributed by atoms with van der Waals surface area (Å²) >= 11 is 0. The lowest BCUT2D eigenvalue weighted by Gasteiger charge is -2.20. The van der Waals surface area contributed by atoms with Gasteiger partial charge in [0.05, 0.1) is 34.0 Å². The van der Waals surface area contributed by atoms with E-state index in [1.54, 1.807) is 14.2 Å². The Bertz CT molecular complexity index is 480. The molecule has 6 heteroatoms. The summed E-state index contributed by atoms with van der Waals surface area (Å²) < 4.78 is 22.5. The van der Waals surface area contributed by atoms with Gasteiger partial charge in [-0.2, -0.15) is 0 Å². The van der Waals surface area contributed by atoms with Gasteiger partial charge in [0.2, 0.25) is 0 Å². The van der Waals surface area contributed by atoms with E-state index in [4.69, 9.17) is 24.1 Å². The Labute approximate surface area is 137 Å². The zero-order chi connectivity index (χ0) is 16.5. The van der Waals surface area contributed by atoms with E-state index < -0.39 is 0 Å². The zero-order valence-corrected chi connectivity index (χ0v) is 14.0. The van der Waals surface area contributed by atoms with Crippen LogP contribution in [0.5, 0.6) is 11.5 Å². The molecule has 0 bridgehead atoms. The largest absolute Gasteiger partial charge is 0.493 e. The molecule has 1 aliphatic heterocycles. The number of ether oxygens (including phenoxy) is 4. The van der Waals surface area contributed by atoms with Gasteiger partial charge in [-0.25, -0.2) is 0 Å². The summed E-state index contributed by atoms with van der Waals surface area (Å²) in [5.41, 5.74) is 2.34. The molecule has 6 nitrogen and oxygen atoms in total. The fourth-order valence-corrected chi connectivity index (χ4v) is 2.71. The van der Waals surface area contributed by atoms with E-state index in [1.165, 1.54) is 5.56 Å². The van der Waals surface area contributed by atoms with Crippen LogP contribution >= 0.6 is 0 Å². The van der Waals surface area contributed by atoms with Crippen molar-refractivity contribution >= 4 is 0 Å². The second-order valence-electron chi connectivity index (χ2n) is 5.42. The summed E-state index contributed by atoms with van der Waals surface area (Å²) in [5.74, 6) is 1.47. The predicted octanol–water partition coefficient (Wildman–Crippen LogP) is 1.31. The molecule has 0 aromatic heterocycles. The van der Waals surface area contributed by atoms with Crippen LogP contribution in [0, 0.1) is 0 Å². The van der Waals surface area contributed by atoms with E-state index in [-0.39, 0.29) is 12.7 Å². The van der Waals surface area contributed by atoms with Crippen molar-refractivity contribution in [2.24, 2.45) is 0 Å². The number of methoxy groups -OCH3 is 2. The molecule has 0 aliphatic carbocycles. The van der Waals surface area contributed by atoms with E-state index in [9.17, 15) is 0 Å². The van der Waals surface area contributed by atoms with Crippen molar-refractivity contribution in [1.82, 2.24) is 5.32 Å². The number of aryl methyl sites for hydroxylation is 1. The number of rotatable bonds is 9. The summed E-state index contributed by atoms with van der Waals surface area (Å²) in [5, 5.41) is 11.8. The van der Waals surface area contributed by atoms with Crippen LogP contribution in [0.25, 0.3) is 0 Å². The van der Waals surface area contributed by atoms with Crippen molar-refractivity contribution in [3.63, 3.8) is 0 Å². The number of nitrogens with one attached hydrogen (secondary N) is 1. The van der Waals surface area contributed by atoms with Gasteiger partial charge in [-0.3, -0.25) is 0 Å². The quantitative estimate of drug-likeness (QED) is 0.667. The minimum Gasteiger partial charge on any atom is -0.493 e. The lowest BCUT2D eigenvalue weighted by Crippen LogP contribution is -2.24. The summed E-state index contributed by atoms with van der Waals surface area (Å²) in [6.07, 6.45) is 1.85. The minimum absolute atomic E-state index is 0.0925. The van der Waals surface area contributed by atoms with Crippen molar-refractivity contribution in [2.45, 2.75) is 18.9 Å². The molecule has 1 heterocycles. The third-order valence-electron chi connectivity index (χ3n) is 3.88. The molecule has 23 heavy (non-hydrogen) atoms. The van der Waals surface area contributed by atoms with E-state index in [0.717, 1.165) is 30.8 Å². The molecular weight excluding hydrogens is 298 g/mol. The molecule has 1 atom stereocenters. The SMILES string of the molecule is COc1cc2c(cc1OC)C(COCCNCCO)OCCC2.